The second-order valence-electron chi connectivity index (χ2n) is 1.08. The quantitative estimate of drug-likeness (QED) is 0.325. The summed E-state index contributed by atoms with van der Waals surface area (Å²) in [5.74, 6) is -4.04. The Labute approximate surface area is 129 Å². The number of carbonyl (C=O) groups is 2. The number of hydrogen-bond acceptors (Lipinski definition) is 7. The van der Waals surface area contributed by atoms with Gasteiger partial charge in [0.2, 0.25) is 0 Å². The average Bonchev–Trinajstić information content (AvgIpc) is 2.00. The van der Waals surface area contributed by atoms with Gasteiger partial charge < -0.3 is 15.1 Å². The molecule has 3 N–H and O–H groups in total. The van der Waals surface area contributed by atoms with Crippen LogP contribution in [0.25, 0.3) is 0 Å². The van der Waals surface area contributed by atoms with E-state index >= 15 is 0 Å². The standard InChI is InChI=1S/C2F2O4.BH3O3.Cs.H/c3-7-1(5)2(6)8-4;2-1(3)4;;/h;2-4H;;. The van der Waals surface area contributed by atoms with Gasteiger partial charge in [-0.1, -0.05) is 0 Å². The molecule has 0 saturated carbocycles. The van der Waals surface area contributed by atoms with Crippen LogP contribution in [-0.4, -0.2) is 103 Å². The zero-order valence-corrected chi connectivity index (χ0v) is 5.31. The first-order valence-corrected chi connectivity index (χ1v) is 2.15. The van der Waals surface area contributed by atoms with Gasteiger partial charge in [0.25, 0.3) is 0 Å². The summed E-state index contributed by atoms with van der Waals surface area (Å²) in [7, 11) is -2.17. The van der Waals surface area contributed by atoms with Gasteiger partial charge in [0.05, 0.1) is 0 Å². The first-order valence-electron chi connectivity index (χ1n) is 2.15. The topological polar surface area (TPSA) is 113 Å². The molecule has 0 saturated heterocycles. The predicted molar refractivity (Wildman–Crippen MR) is 34.0 cm³/mol. The molecule has 0 aliphatic heterocycles. The maximum atomic E-state index is 10.5. The van der Waals surface area contributed by atoms with Crippen LogP contribution in [0.4, 0.5) is 9.05 Å². The van der Waals surface area contributed by atoms with E-state index in [2.05, 4.69) is 9.88 Å². The van der Waals surface area contributed by atoms with Crippen molar-refractivity contribution in [2.75, 3.05) is 0 Å². The summed E-state index contributed by atoms with van der Waals surface area (Å²) in [6, 6.07) is 0. The van der Waals surface area contributed by atoms with Crippen molar-refractivity contribution in [2.24, 2.45) is 0 Å². The summed E-state index contributed by atoms with van der Waals surface area (Å²) in [4.78, 5) is 23.4. The van der Waals surface area contributed by atoms with E-state index in [4.69, 9.17) is 15.1 Å². The molecule has 0 aliphatic rings. The van der Waals surface area contributed by atoms with Gasteiger partial charge >= 0.3 is 88.2 Å². The van der Waals surface area contributed by atoms with E-state index in [9.17, 15) is 18.6 Å². The number of hydrogen-bond donors (Lipinski definition) is 3. The summed E-state index contributed by atoms with van der Waals surface area (Å²) < 4.78 is 21.0. The SMILES string of the molecule is O=C(OF)C(=O)OF.OB(O)O.[CsH]. The third-order valence-electron chi connectivity index (χ3n) is 0.307. The van der Waals surface area contributed by atoms with Gasteiger partial charge in [-0.25, -0.2) is 19.5 Å². The molecule has 0 radical (unpaired) electrons. The van der Waals surface area contributed by atoms with Crippen molar-refractivity contribution >= 4 is 88.2 Å². The van der Waals surface area contributed by atoms with Gasteiger partial charge in [-0.05, 0) is 0 Å². The zero-order valence-electron chi connectivity index (χ0n) is 5.31. The Balaban J connectivity index is -0.000000173. The Morgan fingerprint density at radius 3 is 1.23 bits per heavy atom. The molecule has 7 nitrogen and oxygen atoms in total. The van der Waals surface area contributed by atoms with Crippen molar-refractivity contribution in [3.63, 3.8) is 0 Å². The van der Waals surface area contributed by atoms with Gasteiger partial charge in [0, 0.05) is 9.05 Å². The fraction of sp³-hybridized carbons (Fsp3) is 0. The van der Waals surface area contributed by atoms with Crippen molar-refractivity contribution in [2.45, 2.75) is 0 Å². The molecule has 0 aromatic heterocycles. The molecule has 0 aliphatic carbocycles. The molecular formula is C2H4BCsF2O7. The molecule has 0 fully saturated rings. The van der Waals surface area contributed by atoms with Crippen molar-refractivity contribution in [1.82, 2.24) is 0 Å². The van der Waals surface area contributed by atoms with E-state index in [-0.39, 0.29) is 68.9 Å². The van der Waals surface area contributed by atoms with Gasteiger partial charge in [-0.15, -0.1) is 0 Å². The van der Waals surface area contributed by atoms with Crippen molar-refractivity contribution in [1.29, 1.82) is 0 Å². The van der Waals surface area contributed by atoms with Crippen LogP contribution in [0.2, 0.25) is 0 Å². The summed E-state index contributed by atoms with van der Waals surface area (Å²) in [6.07, 6.45) is 0. The van der Waals surface area contributed by atoms with Gasteiger partial charge in [-0.2, -0.15) is 0 Å². The van der Waals surface area contributed by atoms with E-state index in [1.807, 2.05) is 0 Å². The first kappa shape index (κ1) is 19.4. The van der Waals surface area contributed by atoms with Crippen molar-refractivity contribution < 1.29 is 43.6 Å². The second kappa shape index (κ2) is 12.8. The van der Waals surface area contributed by atoms with Crippen LogP contribution >= 0.6 is 0 Å². The zero-order chi connectivity index (χ0) is 10.1. The molecule has 72 valence electrons. The summed E-state index contributed by atoms with van der Waals surface area (Å²) >= 11 is 0. The molecule has 0 heterocycles. The summed E-state index contributed by atoms with van der Waals surface area (Å²) in [5.41, 5.74) is 0. The van der Waals surface area contributed by atoms with Crippen LogP contribution in [0.15, 0.2) is 0 Å². The maximum absolute atomic E-state index is 10.5. The Morgan fingerprint density at radius 1 is 1.00 bits per heavy atom. The minimum absolute atomic E-state index is 0. The van der Waals surface area contributed by atoms with Gasteiger partial charge in [0.15, 0.2) is 0 Å². The molecule has 0 aromatic carbocycles. The van der Waals surface area contributed by atoms with E-state index in [1.54, 1.807) is 0 Å². The van der Waals surface area contributed by atoms with Gasteiger partial charge in [-0.3, -0.25) is 0 Å². The Bertz CT molecular complexity index is 137. The number of halogens is 2. The molecular weight excluding hydrogens is 318 g/mol. The molecule has 11 heteroatoms. The third-order valence-corrected chi connectivity index (χ3v) is 0.307. The van der Waals surface area contributed by atoms with E-state index in [0.717, 1.165) is 0 Å². The average molecular weight is 322 g/mol. The van der Waals surface area contributed by atoms with E-state index < -0.39 is 19.3 Å². The van der Waals surface area contributed by atoms with E-state index in [1.165, 1.54) is 0 Å². The fourth-order valence-corrected chi connectivity index (χ4v) is 0.0630. The Kier molecular flexibility index (Phi) is 19.1. The number of carbonyl (C=O) groups excluding carboxylic acids is 2. The Morgan fingerprint density at radius 2 is 1.15 bits per heavy atom. The van der Waals surface area contributed by atoms with Crippen molar-refractivity contribution in [3.8, 4) is 0 Å². The van der Waals surface area contributed by atoms with Crippen LogP contribution in [0.5, 0.6) is 0 Å². The fourth-order valence-electron chi connectivity index (χ4n) is 0.0630. The van der Waals surface area contributed by atoms with Crippen molar-refractivity contribution in [3.05, 3.63) is 0 Å². The van der Waals surface area contributed by atoms with Crippen LogP contribution in [-0.2, 0) is 19.5 Å². The van der Waals surface area contributed by atoms with Crippen LogP contribution in [0.1, 0.15) is 0 Å². The van der Waals surface area contributed by atoms with Gasteiger partial charge in [0.1, 0.15) is 0 Å². The van der Waals surface area contributed by atoms with Crippen LogP contribution in [0.3, 0.4) is 0 Å². The first-order chi connectivity index (χ1) is 5.45. The minimum atomic E-state index is -2.17. The molecule has 0 spiro atoms. The normalized spacial score (nSPS) is 6.85. The predicted octanol–water partition coefficient (Wildman–Crippen LogP) is -2.86. The molecule has 0 atom stereocenters. The molecule has 0 bridgehead atoms. The van der Waals surface area contributed by atoms with Crippen LogP contribution < -0.4 is 0 Å². The molecule has 13 heavy (non-hydrogen) atoms. The summed E-state index contributed by atoms with van der Waals surface area (Å²) in [6.45, 7) is 0. The van der Waals surface area contributed by atoms with E-state index in [0.29, 0.717) is 0 Å². The number of rotatable bonds is 0. The molecule has 0 rings (SSSR count). The molecule has 0 unspecified atom stereocenters. The second-order valence-corrected chi connectivity index (χ2v) is 1.08. The Hall–Kier alpha value is 0.797. The third kappa shape index (κ3) is 19.3. The summed E-state index contributed by atoms with van der Waals surface area (Å²) in [5, 5.41) is 21.5. The van der Waals surface area contributed by atoms with Crippen LogP contribution in [0, 0.1) is 0 Å². The molecule has 0 aromatic rings. The monoisotopic (exact) mass is 322 g/mol. The molecule has 0 amide bonds.